The summed E-state index contributed by atoms with van der Waals surface area (Å²) in [5, 5.41) is 7.00. The van der Waals surface area contributed by atoms with E-state index in [1.807, 2.05) is 0 Å². The van der Waals surface area contributed by atoms with Gasteiger partial charge in [-0.3, -0.25) is 10.1 Å². The molecule has 0 aliphatic carbocycles. The van der Waals surface area contributed by atoms with Gasteiger partial charge in [-0.15, -0.1) is 0 Å². The molecule has 0 saturated heterocycles. The quantitative estimate of drug-likeness (QED) is 0.229. The van der Waals surface area contributed by atoms with Crippen LogP contribution in [0.25, 0.3) is 0 Å². The van der Waals surface area contributed by atoms with Crippen LogP contribution in [0.15, 0.2) is 0 Å². The van der Waals surface area contributed by atoms with Crippen LogP contribution in [0.1, 0.15) is 0 Å². The minimum atomic E-state index is -5.30. The van der Waals surface area contributed by atoms with E-state index in [-0.39, 0.29) is 0 Å². The summed E-state index contributed by atoms with van der Waals surface area (Å²) in [6.07, 6.45) is 0. The summed E-state index contributed by atoms with van der Waals surface area (Å²) in [6, 6.07) is 0. The van der Waals surface area contributed by atoms with Gasteiger partial charge < -0.3 is 9.29 Å². The lowest BCUT2D eigenvalue weighted by Crippen LogP contribution is -2.38. The molecule has 0 radical (unpaired) electrons. The minimum absolute atomic E-state index is 0.740. The number of rotatable bonds is 3. The van der Waals surface area contributed by atoms with Crippen molar-refractivity contribution in [2.24, 2.45) is 0 Å². The second kappa shape index (κ2) is 3.45. The van der Waals surface area contributed by atoms with Gasteiger partial charge in [0.2, 0.25) is 0 Å². The first-order valence-corrected chi connectivity index (χ1v) is 3.94. The SMILES string of the molecule is COC(=O)[C@H]([N+](=O)[O-])S(=O)(=O)[O-]. The molecule has 0 bridgehead atoms. The van der Waals surface area contributed by atoms with Crippen molar-refractivity contribution in [3.05, 3.63) is 10.1 Å². The molecule has 0 aromatic heterocycles. The number of nitrogens with zero attached hydrogens (tertiary/aromatic N) is 1. The maximum atomic E-state index is 10.4. The third kappa shape index (κ3) is 2.43. The van der Waals surface area contributed by atoms with Crippen LogP contribution in [0.4, 0.5) is 0 Å². The summed E-state index contributed by atoms with van der Waals surface area (Å²) in [5.41, 5.74) is 0. The highest BCUT2D eigenvalue weighted by molar-refractivity contribution is 7.86. The molecule has 12 heavy (non-hydrogen) atoms. The van der Waals surface area contributed by atoms with Crippen molar-refractivity contribution in [1.29, 1.82) is 0 Å². The van der Waals surface area contributed by atoms with E-state index in [9.17, 15) is 27.9 Å². The predicted octanol–water partition coefficient (Wildman–Crippen LogP) is -1.69. The van der Waals surface area contributed by atoms with E-state index in [0.29, 0.717) is 0 Å². The summed E-state index contributed by atoms with van der Waals surface area (Å²) >= 11 is 0. The first-order chi connectivity index (χ1) is 5.30. The molecule has 0 aliphatic rings. The number of carbonyl (C=O) groups excluding carboxylic acids is 1. The number of esters is 1. The van der Waals surface area contributed by atoms with E-state index >= 15 is 0 Å². The highest BCUT2D eigenvalue weighted by Gasteiger charge is 2.37. The summed E-state index contributed by atoms with van der Waals surface area (Å²) < 4.78 is 34.0. The monoisotopic (exact) mass is 198 g/mol. The van der Waals surface area contributed by atoms with Crippen molar-refractivity contribution < 1.29 is 27.4 Å². The van der Waals surface area contributed by atoms with Crippen LogP contribution < -0.4 is 0 Å². The standard InChI is InChI=1S/C3H5NO7S/c1-11-3(5)2(4(6)7)12(8,9)10/h2H,1H3,(H,8,9,10)/p-1/t2-/m1/s1. The molecule has 0 rings (SSSR count). The number of methoxy groups -OCH3 is 1. The summed E-state index contributed by atoms with van der Waals surface area (Å²) in [5.74, 6) is -1.70. The Morgan fingerprint density at radius 2 is 2.00 bits per heavy atom. The zero-order chi connectivity index (χ0) is 9.94. The molecule has 0 amide bonds. The lowest BCUT2D eigenvalue weighted by atomic mass is 10.7. The molecular weight excluding hydrogens is 194 g/mol. The normalized spacial score (nSPS) is 13.5. The van der Waals surface area contributed by atoms with Gasteiger partial charge in [0, 0.05) is 0 Å². The average molecular weight is 198 g/mol. The first-order valence-electron chi connectivity index (χ1n) is 2.46. The number of carbonyl (C=O) groups is 1. The summed E-state index contributed by atoms with van der Waals surface area (Å²) in [6.45, 7) is 0. The molecule has 8 nitrogen and oxygen atoms in total. The molecule has 0 aromatic carbocycles. The Bertz CT molecular complexity index is 292. The first kappa shape index (κ1) is 10.8. The predicted molar refractivity (Wildman–Crippen MR) is 32.5 cm³/mol. The van der Waals surface area contributed by atoms with Crippen LogP contribution in [0.2, 0.25) is 0 Å². The zero-order valence-corrected chi connectivity index (χ0v) is 6.61. The molecule has 0 aromatic rings. The topological polar surface area (TPSA) is 127 Å². The van der Waals surface area contributed by atoms with Crippen LogP contribution >= 0.6 is 0 Å². The van der Waals surface area contributed by atoms with Crippen molar-refractivity contribution in [3.63, 3.8) is 0 Å². The Kier molecular flexibility index (Phi) is 3.10. The fourth-order valence-corrected chi connectivity index (χ4v) is 0.953. The smallest absolute Gasteiger partial charge is 0.396 e. The molecule has 9 heteroatoms. The van der Waals surface area contributed by atoms with Crippen LogP contribution in [-0.2, 0) is 19.6 Å². The molecule has 0 unspecified atom stereocenters. The minimum Gasteiger partial charge on any atom is -0.742 e. The second-order valence-corrected chi connectivity index (χ2v) is 3.09. The molecular formula is C3H4NO7S-. The summed E-state index contributed by atoms with van der Waals surface area (Å²) in [4.78, 5) is 18.7. The Labute approximate surface area is 67.0 Å². The Hall–Kier alpha value is -1.22. The molecule has 0 aliphatic heterocycles. The van der Waals surface area contributed by atoms with Crippen molar-refractivity contribution in [2.75, 3.05) is 7.11 Å². The Morgan fingerprint density at radius 1 is 1.58 bits per heavy atom. The van der Waals surface area contributed by atoms with Crippen LogP contribution in [0.5, 0.6) is 0 Å². The number of hydrogen-bond donors (Lipinski definition) is 0. The third-order valence-corrected chi connectivity index (χ3v) is 1.78. The van der Waals surface area contributed by atoms with Crippen molar-refractivity contribution in [3.8, 4) is 0 Å². The van der Waals surface area contributed by atoms with Gasteiger partial charge in [-0.1, -0.05) is 0 Å². The van der Waals surface area contributed by atoms with Crippen LogP contribution in [-0.4, -0.2) is 36.3 Å². The average Bonchev–Trinajstić information content (AvgIpc) is 1.83. The largest absolute Gasteiger partial charge is 0.742 e. The molecule has 0 N–H and O–H groups in total. The van der Waals surface area contributed by atoms with E-state index in [1.54, 1.807) is 0 Å². The van der Waals surface area contributed by atoms with E-state index < -0.39 is 26.4 Å². The Balaban J connectivity index is 4.95. The molecule has 0 fully saturated rings. The molecule has 70 valence electrons. The Morgan fingerprint density at radius 3 is 2.08 bits per heavy atom. The van der Waals surface area contributed by atoms with Crippen molar-refractivity contribution in [1.82, 2.24) is 0 Å². The lowest BCUT2D eigenvalue weighted by molar-refractivity contribution is -0.487. The van der Waals surface area contributed by atoms with Gasteiger partial charge in [0.05, 0.1) is 12.0 Å². The van der Waals surface area contributed by atoms with Crippen LogP contribution in [0, 0.1) is 10.1 Å². The molecule has 1 atom stereocenters. The van der Waals surface area contributed by atoms with Gasteiger partial charge in [0.1, 0.15) is 0 Å². The van der Waals surface area contributed by atoms with Gasteiger partial charge >= 0.3 is 11.3 Å². The maximum absolute atomic E-state index is 10.4. The fraction of sp³-hybridized carbons (Fsp3) is 0.667. The van der Waals surface area contributed by atoms with Gasteiger partial charge in [-0.05, 0) is 0 Å². The number of ether oxygens (including phenoxy) is 1. The van der Waals surface area contributed by atoms with Gasteiger partial charge in [0.15, 0.2) is 10.1 Å². The number of nitro groups is 1. The number of hydrogen-bond acceptors (Lipinski definition) is 7. The fourth-order valence-electron chi connectivity index (χ4n) is 0.410. The van der Waals surface area contributed by atoms with Crippen molar-refractivity contribution in [2.45, 2.75) is 5.37 Å². The van der Waals surface area contributed by atoms with E-state index in [0.717, 1.165) is 7.11 Å². The highest BCUT2D eigenvalue weighted by atomic mass is 32.2. The zero-order valence-electron chi connectivity index (χ0n) is 5.79. The van der Waals surface area contributed by atoms with Gasteiger partial charge in [-0.25, -0.2) is 13.2 Å². The highest BCUT2D eigenvalue weighted by Crippen LogP contribution is 2.01. The van der Waals surface area contributed by atoms with E-state index in [2.05, 4.69) is 4.74 Å². The van der Waals surface area contributed by atoms with E-state index in [4.69, 9.17) is 0 Å². The lowest BCUT2D eigenvalue weighted by Gasteiger charge is -2.09. The van der Waals surface area contributed by atoms with E-state index in [1.165, 1.54) is 0 Å². The molecule has 0 spiro atoms. The summed E-state index contributed by atoms with van der Waals surface area (Å²) in [7, 11) is -4.56. The second-order valence-electron chi connectivity index (χ2n) is 1.65. The third-order valence-electron chi connectivity index (χ3n) is 0.868. The van der Waals surface area contributed by atoms with Crippen molar-refractivity contribution >= 4 is 16.1 Å². The molecule has 0 heterocycles. The van der Waals surface area contributed by atoms with Crippen LogP contribution in [0.3, 0.4) is 0 Å². The van der Waals surface area contributed by atoms with Gasteiger partial charge in [-0.2, -0.15) is 0 Å². The van der Waals surface area contributed by atoms with Gasteiger partial charge in [0.25, 0.3) is 0 Å². The maximum Gasteiger partial charge on any atom is 0.396 e. The molecule has 0 saturated carbocycles.